The molecule has 57 heavy (non-hydrogen) atoms. The van der Waals surface area contributed by atoms with E-state index < -0.39 is 0 Å². The van der Waals surface area contributed by atoms with Crippen molar-refractivity contribution in [2.75, 3.05) is 4.90 Å². The fourth-order valence-electron chi connectivity index (χ4n) is 8.25. The van der Waals surface area contributed by atoms with Gasteiger partial charge >= 0.3 is 0 Å². The van der Waals surface area contributed by atoms with E-state index in [1.165, 1.54) is 77.2 Å². The minimum Gasteiger partial charge on any atom is -0.310 e. The third kappa shape index (κ3) is 6.66. The van der Waals surface area contributed by atoms with Gasteiger partial charge in [-0.05, 0) is 120 Å². The normalized spacial score (nSPS) is 11.2. The van der Waals surface area contributed by atoms with Crippen molar-refractivity contribution in [2.45, 2.75) is 0 Å². The smallest absolute Gasteiger partial charge is 0.0467 e. The second-order valence-electron chi connectivity index (χ2n) is 14.5. The van der Waals surface area contributed by atoms with Gasteiger partial charge in [0, 0.05) is 17.1 Å². The van der Waals surface area contributed by atoms with Gasteiger partial charge in [-0.25, -0.2) is 0 Å². The molecule has 0 aliphatic carbocycles. The van der Waals surface area contributed by atoms with Gasteiger partial charge < -0.3 is 4.90 Å². The molecule has 0 spiro atoms. The molecule has 0 bridgehead atoms. The molecule has 0 saturated heterocycles. The number of rotatable bonds is 8. The maximum Gasteiger partial charge on any atom is 0.0467 e. The first kappa shape index (κ1) is 34.0. The number of hydrogen-bond acceptors (Lipinski definition) is 1. The van der Waals surface area contributed by atoms with Gasteiger partial charge in [-0.2, -0.15) is 0 Å². The molecule has 10 aromatic carbocycles. The van der Waals surface area contributed by atoms with Crippen molar-refractivity contribution in [2.24, 2.45) is 0 Å². The molecule has 0 atom stereocenters. The highest BCUT2D eigenvalue weighted by molar-refractivity contribution is 6.01. The maximum absolute atomic E-state index is 2.36. The summed E-state index contributed by atoms with van der Waals surface area (Å²) < 4.78 is 0. The molecule has 1 heteroatoms. The van der Waals surface area contributed by atoms with Crippen molar-refractivity contribution in [3.05, 3.63) is 237 Å². The van der Waals surface area contributed by atoms with Crippen LogP contribution in [0.25, 0.3) is 77.2 Å². The number of benzene rings is 10. The Bertz CT molecular complexity index is 2970. The number of anilines is 3. The first-order valence-corrected chi connectivity index (χ1v) is 19.6. The van der Waals surface area contributed by atoms with E-state index in [2.05, 4.69) is 241 Å². The SMILES string of the molecule is c1ccc(-c2cccc(N(c3ccc(-c4ccc(-c5cccc6ccccc56)c(-c5ccccc5)c4)cc3)c3ccc(-c4cccc5ccccc45)cc3)c2)cc1. The van der Waals surface area contributed by atoms with Crippen molar-refractivity contribution < 1.29 is 0 Å². The topological polar surface area (TPSA) is 3.24 Å². The summed E-state index contributed by atoms with van der Waals surface area (Å²) in [7, 11) is 0. The molecule has 10 rings (SSSR count). The van der Waals surface area contributed by atoms with Crippen LogP contribution in [0.5, 0.6) is 0 Å². The summed E-state index contributed by atoms with van der Waals surface area (Å²) in [5.41, 5.74) is 15.4. The van der Waals surface area contributed by atoms with Gasteiger partial charge in [0.25, 0.3) is 0 Å². The Labute approximate surface area is 334 Å². The molecule has 0 radical (unpaired) electrons. The van der Waals surface area contributed by atoms with Gasteiger partial charge in [0.2, 0.25) is 0 Å². The Hall–Kier alpha value is -7.48. The summed E-state index contributed by atoms with van der Waals surface area (Å²) >= 11 is 0. The summed E-state index contributed by atoms with van der Waals surface area (Å²) in [5, 5.41) is 5.01. The molecule has 0 amide bonds. The molecule has 10 aromatic rings. The fourth-order valence-corrected chi connectivity index (χ4v) is 8.25. The summed E-state index contributed by atoms with van der Waals surface area (Å²) in [6.07, 6.45) is 0. The number of nitrogens with zero attached hydrogens (tertiary/aromatic N) is 1. The van der Waals surface area contributed by atoms with Gasteiger partial charge in [-0.1, -0.05) is 194 Å². The van der Waals surface area contributed by atoms with E-state index in [4.69, 9.17) is 0 Å². The van der Waals surface area contributed by atoms with E-state index in [0.717, 1.165) is 17.1 Å². The highest BCUT2D eigenvalue weighted by Crippen LogP contribution is 2.41. The van der Waals surface area contributed by atoms with E-state index in [1.54, 1.807) is 0 Å². The molecule has 0 aliphatic rings. The Morgan fingerprint density at radius 2 is 0.649 bits per heavy atom. The summed E-state index contributed by atoms with van der Waals surface area (Å²) in [4.78, 5) is 2.36. The first-order chi connectivity index (χ1) is 28.3. The first-order valence-electron chi connectivity index (χ1n) is 19.6. The molecular weight excluding hydrogens is 687 g/mol. The lowest BCUT2D eigenvalue weighted by molar-refractivity contribution is 1.28. The Balaban J connectivity index is 1.06. The minimum absolute atomic E-state index is 1.09. The third-order valence-corrected chi connectivity index (χ3v) is 11.1. The zero-order chi connectivity index (χ0) is 38.0. The van der Waals surface area contributed by atoms with Crippen LogP contribution in [-0.2, 0) is 0 Å². The van der Waals surface area contributed by atoms with Crippen LogP contribution < -0.4 is 4.90 Å². The third-order valence-electron chi connectivity index (χ3n) is 11.1. The lowest BCUT2D eigenvalue weighted by Crippen LogP contribution is -2.10. The molecule has 0 unspecified atom stereocenters. The predicted molar refractivity (Wildman–Crippen MR) is 243 cm³/mol. The van der Waals surface area contributed by atoms with Gasteiger partial charge in [-0.15, -0.1) is 0 Å². The number of fused-ring (bicyclic) bond motifs is 2. The monoisotopic (exact) mass is 725 g/mol. The van der Waals surface area contributed by atoms with E-state index in [-0.39, 0.29) is 0 Å². The van der Waals surface area contributed by atoms with Crippen LogP contribution in [0.3, 0.4) is 0 Å². The predicted octanol–water partition coefficient (Wildman–Crippen LogP) is 15.8. The van der Waals surface area contributed by atoms with E-state index in [9.17, 15) is 0 Å². The highest BCUT2D eigenvalue weighted by Gasteiger charge is 2.16. The minimum atomic E-state index is 1.09. The summed E-state index contributed by atoms with van der Waals surface area (Å²) in [6.45, 7) is 0. The molecule has 0 fully saturated rings. The fraction of sp³-hybridized carbons (Fsp3) is 0. The zero-order valence-electron chi connectivity index (χ0n) is 31.5. The maximum atomic E-state index is 2.36. The van der Waals surface area contributed by atoms with E-state index >= 15 is 0 Å². The molecular formula is C56H39N. The van der Waals surface area contributed by atoms with Gasteiger partial charge in [0.05, 0.1) is 0 Å². The van der Waals surface area contributed by atoms with Crippen LogP contribution in [0.4, 0.5) is 17.1 Å². The van der Waals surface area contributed by atoms with Gasteiger partial charge in [0.1, 0.15) is 0 Å². The Kier molecular flexibility index (Phi) is 8.95. The summed E-state index contributed by atoms with van der Waals surface area (Å²) in [6, 6.07) is 85.6. The molecule has 0 aromatic heterocycles. The quantitative estimate of drug-likeness (QED) is 0.151. The van der Waals surface area contributed by atoms with Crippen molar-refractivity contribution >= 4 is 38.6 Å². The van der Waals surface area contributed by atoms with E-state index in [0.29, 0.717) is 0 Å². The van der Waals surface area contributed by atoms with Crippen LogP contribution in [-0.4, -0.2) is 0 Å². The van der Waals surface area contributed by atoms with Crippen LogP contribution >= 0.6 is 0 Å². The van der Waals surface area contributed by atoms with Gasteiger partial charge in [0.15, 0.2) is 0 Å². The number of hydrogen-bond donors (Lipinski definition) is 0. The zero-order valence-corrected chi connectivity index (χ0v) is 31.5. The van der Waals surface area contributed by atoms with Crippen LogP contribution in [0.1, 0.15) is 0 Å². The van der Waals surface area contributed by atoms with Crippen molar-refractivity contribution in [1.82, 2.24) is 0 Å². The molecule has 1 nitrogen and oxygen atoms in total. The van der Waals surface area contributed by atoms with E-state index in [1.807, 2.05) is 0 Å². The Morgan fingerprint density at radius 1 is 0.211 bits per heavy atom. The van der Waals surface area contributed by atoms with Gasteiger partial charge in [-0.3, -0.25) is 0 Å². The molecule has 0 saturated carbocycles. The highest BCUT2D eigenvalue weighted by atomic mass is 15.1. The lowest BCUT2D eigenvalue weighted by atomic mass is 9.89. The molecule has 268 valence electrons. The van der Waals surface area contributed by atoms with Crippen molar-refractivity contribution in [3.8, 4) is 55.6 Å². The molecule has 0 aliphatic heterocycles. The van der Waals surface area contributed by atoms with Crippen LogP contribution in [0.2, 0.25) is 0 Å². The second-order valence-corrected chi connectivity index (χ2v) is 14.5. The van der Waals surface area contributed by atoms with Crippen LogP contribution in [0.15, 0.2) is 237 Å². The lowest BCUT2D eigenvalue weighted by Gasteiger charge is -2.26. The Morgan fingerprint density at radius 3 is 1.32 bits per heavy atom. The second kappa shape index (κ2) is 15.0. The van der Waals surface area contributed by atoms with Crippen molar-refractivity contribution in [3.63, 3.8) is 0 Å². The average molecular weight is 726 g/mol. The summed E-state index contributed by atoms with van der Waals surface area (Å²) in [5.74, 6) is 0. The van der Waals surface area contributed by atoms with Crippen molar-refractivity contribution in [1.29, 1.82) is 0 Å². The van der Waals surface area contributed by atoms with Crippen LogP contribution in [0, 0.1) is 0 Å². The standard InChI is InChI=1S/C56H39N/c1-3-14-40(15-4-1)46-22-11-23-50(38-46)57(49-35-30-45(31-36-49)52-26-12-20-42-18-7-9-24-51(42)52)48-33-28-41(29-34-48)47-32-37-55(56(39-47)44-16-5-2-6-17-44)54-27-13-21-43-19-8-10-25-53(43)54/h1-39H. The average Bonchev–Trinajstić information content (AvgIpc) is 3.30. The molecule has 0 heterocycles. The molecule has 0 N–H and O–H groups in total. The largest absolute Gasteiger partial charge is 0.310 e.